The number of hydrogen-bond acceptors (Lipinski definition) is 8. The molecule has 0 bridgehead atoms. The van der Waals surface area contributed by atoms with Gasteiger partial charge in [-0.25, -0.2) is 9.97 Å². The van der Waals surface area contributed by atoms with Gasteiger partial charge in [0, 0.05) is 25.2 Å². The van der Waals surface area contributed by atoms with E-state index in [9.17, 15) is 14.7 Å². The van der Waals surface area contributed by atoms with E-state index in [1.165, 1.54) is 0 Å². The zero-order valence-corrected chi connectivity index (χ0v) is 25.7. The fourth-order valence-electron chi connectivity index (χ4n) is 5.47. The highest BCUT2D eigenvalue weighted by Crippen LogP contribution is 2.29. The van der Waals surface area contributed by atoms with Crippen molar-refractivity contribution < 1.29 is 26.9 Å². The third kappa shape index (κ3) is 8.45. The second-order valence-corrected chi connectivity index (χ2v) is 11.0. The molecule has 0 unspecified atom stereocenters. The molecule has 4 aromatic rings. The van der Waals surface area contributed by atoms with Crippen molar-refractivity contribution in [3.63, 3.8) is 0 Å². The molecule has 1 aliphatic rings. The summed E-state index contributed by atoms with van der Waals surface area (Å²) in [5, 5.41) is 12.2. The van der Waals surface area contributed by atoms with Crippen LogP contribution in [0.2, 0.25) is 0 Å². The predicted molar refractivity (Wildman–Crippen MR) is 173 cm³/mol. The maximum absolute atomic E-state index is 13.2. The van der Waals surface area contributed by atoms with Crippen LogP contribution >= 0.6 is 0 Å². The number of aliphatic hydroxyl groups is 1. The van der Waals surface area contributed by atoms with Gasteiger partial charge in [0.15, 0.2) is 11.4 Å². The first kappa shape index (κ1) is 29.0. The summed E-state index contributed by atoms with van der Waals surface area (Å²) in [5.74, 6) is 0.155. The standard InChI is InChI=1S/C36H40N4O5/c1-3-44-33(42)22-37-36(43)34-35(45-24-28-7-5-4-6-8-28)25(2)38-32(39-34)21-26-17-19-40(20-18-26)31-15-13-30(14-16-31)29-11-9-27(23-41)10-12-29/h4-16,26,41H,3,17-24H2,1-2H3,(H,37,43)/i23D2. The molecule has 1 aromatic heterocycles. The lowest BCUT2D eigenvalue weighted by Gasteiger charge is -2.33. The number of nitrogens with one attached hydrogen (secondary N) is 1. The van der Waals surface area contributed by atoms with Gasteiger partial charge >= 0.3 is 5.97 Å². The predicted octanol–water partition coefficient (Wildman–Crippen LogP) is 5.28. The Kier molecular flexibility index (Phi) is 9.85. The Morgan fingerprint density at radius 1 is 0.956 bits per heavy atom. The Morgan fingerprint density at radius 2 is 1.62 bits per heavy atom. The van der Waals surface area contributed by atoms with Gasteiger partial charge in [0.05, 0.1) is 21.6 Å². The van der Waals surface area contributed by atoms with E-state index < -0.39 is 18.4 Å². The lowest BCUT2D eigenvalue weighted by atomic mass is 9.92. The van der Waals surface area contributed by atoms with Crippen molar-refractivity contribution in [1.82, 2.24) is 15.3 Å². The second kappa shape index (κ2) is 15.3. The van der Waals surface area contributed by atoms with Crippen LogP contribution in [0.25, 0.3) is 11.1 Å². The largest absolute Gasteiger partial charge is 0.485 e. The molecule has 0 saturated carbocycles. The van der Waals surface area contributed by atoms with E-state index in [1.807, 2.05) is 42.5 Å². The monoisotopic (exact) mass is 610 g/mol. The molecule has 9 heteroatoms. The Balaban J connectivity index is 1.23. The van der Waals surface area contributed by atoms with Crippen molar-refractivity contribution in [3.05, 3.63) is 107 Å². The molecule has 234 valence electrons. The number of aromatic nitrogens is 2. The second-order valence-electron chi connectivity index (χ2n) is 11.0. The van der Waals surface area contributed by atoms with Crippen molar-refractivity contribution in [2.75, 3.05) is 31.1 Å². The van der Waals surface area contributed by atoms with E-state index in [0.717, 1.165) is 48.3 Å². The fraction of sp³-hybridized carbons (Fsp3) is 0.333. The number of benzene rings is 3. The lowest BCUT2D eigenvalue weighted by Crippen LogP contribution is -2.35. The average Bonchev–Trinajstić information content (AvgIpc) is 3.07. The number of amides is 1. The quantitative estimate of drug-likeness (QED) is 0.209. The highest BCUT2D eigenvalue weighted by molar-refractivity contribution is 5.96. The summed E-state index contributed by atoms with van der Waals surface area (Å²) >= 11 is 0. The Bertz CT molecular complexity index is 1650. The molecule has 2 heterocycles. The third-order valence-electron chi connectivity index (χ3n) is 7.89. The molecule has 3 aromatic carbocycles. The molecule has 0 aliphatic carbocycles. The van der Waals surface area contributed by atoms with E-state index in [1.54, 1.807) is 26.0 Å². The van der Waals surface area contributed by atoms with E-state index in [2.05, 4.69) is 39.5 Å². The van der Waals surface area contributed by atoms with Gasteiger partial charge in [-0.15, -0.1) is 0 Å². The number of nitrogens with zero attached hydrogens (tertiary/aromatic N) is 3. The van der Waals surface area contributed by atoms with Crippen LogP contribution < -0.4 is 15.0 Å². The molecule has 0 atom stereocenters. The van der Waals surface area contributed by atoms with Crippen molar-refractivity contribution in [2.24, 2.45) is 5.92 Å². The molecule has 2 N–H and O–H groups in total. The Labute approximate surface area is 267 Å². The van der Waals surface area contributed by atoms with Crippen LogP contribution in [0, 0.1) is 12.8 Å². The summed E-state index contributed by atoms with van der Waals surface area (Å²) in [4.78, 5) is 36.9. The smallest absolute Gasteiger partial charge is 0.325 e. The average molecular weight is 611 g/mol. The minimum Gasteiger partial charge on any atom is -0.485 e. The lowest BCUT2D eigenvalue weighted by molar-refractivity contribution is -0.141. The number of anilines is 1. The molecular formula is C36H40N4O5. The molecule has 0 spiro atoms. The van der Waals surface area contributed by atoms with Crippen LogP contribution in [0.15, 0.2) is 78.9 Å². The molecule has 1 aliphatic heterocycles. The van der Waals surface area contributed by atoms with E-state index in [-0.39, 0.29) is 31.0 Å². The van der Waals surface area contributed by atoms with Gasteiger partial charge in [0.1, 0.15) is 19.0 Å². The third-order valence-corrected chi connectivity index (χ3v) is 7.89. The van der Waals surface area contributed by atoms with Crippen LogP contribution in [0.3, 0.4) is 0 Å². The number of ether oxygens (including phenoxy) is 2. The van der Waals surface area contributed by atoms with Gasteiger partial charge in [-0.2, -0.15) is 0 Å². The summed E-state index contributed by atoms with van der Waals surface area (Å²) in [6.07, 6.45) is 2.49. The molecule has 1 fully saturated rings. The minimum absolute atomic E-state index is 0.106. The molecular weight excluding hydrogens is 568 g/mol. The van der Waals surface area contributed by atoms with Gasteiger partial charge in [0.2, 0.25) is 0 Å². The first-order chi connectivity index (χ1) is 22.6. The fourth-order valence-corrected chi connectivity index (χ4v) is 5.47. The summed E-state index contributed by atoms with van der Waals surface area (Å²) in [6, 6.07) is 24.7. The Morgan fingerprint density at radius 3 is 2.27 bits per heavy atom. The normalized spacial score (nSPS) is 14.3. The van der Waals surface area contributed by atoms with Gasteiger partial charge in [-0.3, -0.25) is 9.59 Å². The number of rotatable bonds is 12. The maximum Gasteiger partial charge on any atom is 0.325 e. The van der Waals surface area contributed by atoms with Crippen LogP contribution in [0.5, 0.6) is 5.75 Å². The van der Waals surface area contributed by atoms with E-state index in [4.69, 9.17) is 17.2 Å². The van der Waals surface area contributed by atoms with E-state index >= 15 is 0 Å². The number of esters is 1. The number of hydrogen-bond donors (Lipinski definition) is 2. The van der Waals surface area contributed by atoms with Crippen LogP contribution in [-0.4, -0.2) is 53.2 Å². The summed E-state index contributed by atoms with van der Waals surface area (Å²) in [5.41, 5.74) is 4.93. The highest BCUT2D eigenvalue weighted by Gasteiger charge is 2.25. The van der Waals surface area contributed by atoms with Gasteiger partial charge in [-0.1, -0.05) is 66.7 Å². The highest BCUT2D eigenvalue weighted by atomic mass is 16.5. The number of carbonyl (C=O) groups is 2. The first-order valence-electron chi connectivity index (χ1n) is 16.3. The van der Waals surface area contributed by atoms with Crippen LogP contribution in [0.4, 0.5) is 5.69 Å². The zero-order valence-electron chi connectivity index (χ0n) is 27.7. The van der Waals surface area contributed by atoms with Crippen molar-refractivity contribution in [3.8, 4) is 16.9 Å². The maximum atomic E-state index is 13.2. The molecule has 9 nitrogen and oxygen atoms in total. The first-order valence-corrected chi connectivity index (χ1v) is 15.3. The number of piperidine rings is 1. The molecule has 5 rings (SSSR count). The SMILES string of the molecule is [2H]C([2H])(O)c1ccc(-c2ccc(N3CCC(Cc4nc(C)c(OCc5ccccc5)c(C(=O)NCC(=O)OCC)n4)CC3)cc2)cc1. The van der Waals surface area contributed by atoms with E-state index in [0.29, 0.717) is 29.6 Å². The molecule has 0 radical (unpaired) electrons. The zero-order chi connectivity index (χ0) is 33.4. The van der Waals surface area contributed by atoms with Crippen molar-refractivity contribution in [2.45, 2.75) is 46.3 Å². The van der Waals surface area contributed by atoms with Crippen LogP contribution in [0.1, 0.15) is 55.6 Å². The number of aryl methyl sites for hydroxylation is 1. The van der Waals surface area contributed by atoms with Gasteiger partial charge in [-0.05, 0) is 67.0 Å². The summed E-state index contributed by atoms with van der Waals surface area (Å²) in [7, 11) is 0. The van der Waals surface area contributed by atoms with Crippen LogP contribution in [-0.2, 0) is 29.1 Å². The van der Waals surface area contributed by atoms with Gasteiger partial charge < -0.3 is 24.8 Å². The summed E-state index contributed by atoms with van der Waals surface area (Å²) < 4.78 is 25.9. The molecule has 1 amide bonds. The minimum atomic E-state index is -2.36. The van der Waals surface area contributed by atoms with Crippen molar-refractivity contribution >= 4 is 17.6 Å². The Hall–Kier alpha value is -4.76. The molecule has 1 saturated heterocycles. The van der Waals surface area contributed by atoms with Gasteiger partial charge in [0.25, 0.3) is 5.91 Å². The topological polar surface area (TPSA) is 114 Å². The van der Waals surface area contributed by atoms with Crippen molar-refractivity contribution in [1.29, 1.82) is 0 Å². The summed E-state index contributed by atoms with van der Waals surface area (Å²) in [6.45, 7) is 3.10. The number of carbonyl (C=O) groups excluding carboxylic acids is 2. The molecule has 45 heavy (non-hydrogen) atoms.